The molecular formula is C21H21N3O3S2. The van der Waals surface area contributed by atoms with E-state index in [0.717, 1.165) is 11.3 Å². The van der Waals surface area contributed by atoms with E-state index < -0.39 is 11.9 Å². The van der Waals surface area contributed by atoms with E-state index in [0.29, 0.717) is 17.3 Å². The standard InChI is InChI=1S/C21H21N3O3S2/c1-28-12-11-16(22-19(26)15-9-5-6-10-18(15)25)20(27)24-21-23-17(13-29-21)14-7-3-2-4-8-14/h2-10,13,16,25H,11-12H2,1H3,(H,22,26)(H,23,24,27)/t16-/m0/s1. The number of rotatable bonds is 8. The summed E-state index contributed by atoms with van der Waals surface area (Å²) in [6.07, 6.45) is 2.40. The highest BCUT2D eigenvalue weighted by molar-refractivity contribution is 7.98. The first kappa shape index (κ1) is 20.9. The highest BCUT2D eigenvalue weighted by atomic mass is 32.2. The van der Waals surface area contributed by atoms with Gasteiger partial charge in [0.2, 0.25) is 5.91 Å². The Bertz CT molecular complexity index is 976. The molecule has 0 aliphatic carbocycles. The van der Waals surface area contributed by atoms with Gasteiger partial charge in [-0.3, -0.25) is 9.59 Å². The molecule has 0 fully saturated rings. The van der Waals surface area contributed by atoms with Crippen molar-refractivity contribution in [1.29, 1.82) is 0 Å². The van der Waals surface area contributed by atoms with Crippen LogP contribution in [0.25, 0.3) is 11.3 Å². The molecule has 0 aliphatic heterocycles. The summed E-state index contributed by atoms with van der Waals surface area (Å²) in [5.74, 6) is -0.251. The van der Waals surface area contributed by atoms with Crippen molar-refractivity contribution in [3.8, 4) is 17.0 Å². The molecule has 1 atom stereocenters. The summed E-state index contributed by atoms with van der Waals surface area (Å²) in [5, 5.41) is 17.7. The van der Waals surface area contributed by atoms with Gasteiger partial charge in [0, 0.05) is 10.9 Å². The number of nitrogens with one attached hydrogen (secondary N) is 2. The summed E-state index contributed by atoms with van der Waals surface area (Å²) in [6.45, 7) is 0. The smallest absolute Gasteiger partial charge is 0.255 e. The Morgan fingerprint density at radius 3 is 2.59 bits per heavy atom. The van der Waals surface area contributed by atoms with Crippen molar-refractivity contribution in [3.05, 3.63) is 65.5 Å². The number of thioether (sulfide) groups is 1. The lowest BCUT2D eigenvalue weighted by atomic mass is 10.1. The van der Waals surface area contributed by atoms with Crippen molar-refractivity contribution in [3.63, 3.8) is 0 Å². The lowest BCUT2D eigenvalue weighted by Gasteiger charge is -2.17. The highest BCUT2D eigenvalue weighted by Crippen LogP contribution is 2.25. The third-order valence-corrected chi connectivity index (χ3v) is 5.59. The number of thiazole rings is 1. The Morgan fingerprint density at radius 1 is 1.14 bits per heavy atom. The first-order chi connectivity index (χ1) is 14.1. The van der Waals surface area contributed by atoms with E-state index >= 15 is 0 Å². The molecular weight excluding hydrogens is 406 g/mol. The van der Waals surface area contributed by atoms with Crippen LogP contribution in [0.4, 0.5) is 5.13 Å². The monoisotopic (exact) mass is 427 g/mol. The number of carbonyl (C=O) groups excluding carboxylic acids is 2. The van der Waals surface area contributed by atoms with Crippen molar-refractivity contribution in [2.24, 2.45) is 0 Å². The van der Waals surface area contributed by atoms with Gasteiger partial charge < -0.3 is 15.7 Å². The van der Waals surface area contributed by atoms with Gasteiger partial charge in [0.1, 0.15) is 11.8 Å². The molecule has 0 radical (unpaired) electrons. The molecule has 0 aliphatic rings. The number of amides is 2. The molecule has 0 unspecified atom stereocenters. The van der Waals surface area contributed by atoms with Crippen LogP contribution in [0.5, 0.6) is 5.75 Å². The van der Waals surface area contributed by atoms with Crippen LogP contribution in [0, 0.1) is 0 Å². The summed E-state index contributed by atoms with van der Waals surface area (Å²) in [4.78, 5) is 29.8. The Kier molecular flexibility index (Phi) is 7.26. The minimum atomic E-state index is -0.737. The van der Waals surface area contributed by atoms with Crippen LogP contribution in [-0.4, -0.2) is 40.0 Å². The fraction of sp³-hybridized carbons (Fsp3) is 0.190. The molecule has 1 heterocycles. The van der Waals surface area contributed by atoms with Crippen LogP contribution in [0.1, 0.15) is 16.8 Å². The van der Waals surface area contributed by atoms with E-state index in [4.69, 9.17) is 0 Å². The summed E-state index contributed by atoms with van der Waals surface area (Å²) >= 11 is 2.92. The van der Waals surface area contributed by atoms with Gasteiger partial charge in [-0.2, -0.15) is 11.8 Å². The average molecular weight is 428 g/mol. The maximum Gasteiger partial charge on any atom is 0.255 e. The zero-order valence-corrected chi connectivity index (χ0v) is 17.4. The van der Waals surface area contributed by atoms with E-state index in [1.165, 1.54) is 23.5 Å². The number of para-hydroxylation sites is 1. The Hall–Kier alpha value is -2.84. The van der Waals surface area contributed by atoms with Crippen molar-refractivity contribution >= 4 is 40.0 Å². The lowest BCUT2D eigenvalue weighted by Crippen LogP contribution is -2.44. The van der Waals surface area contributed by atoms with Crippen molar-refractivity contribution < 1.29 is 14.7 Å². The third kappa shape index (κ3) is 5.58. The van der Waals surface area contributed by atoms with Gasteiger partial charge in [0.25, 0.3) is 5.91 Å². The second-order valence-electron chi connectivity index (χ2n) is 6.22. The predicted molar refractivity (Wildman–Crippen MR) is 119 cm³/mol. The van der Waals surface area contributed by atoms with E-state index in [1.54, 1.807) is 23.9 Å². The summed E-state index contributed by atoms with van der Waals surface area (Å²) in [6, 6.07) is 15.2. The molecule has 0 bridgehead atoms. The minimum Gasteiger partial charge on any atom is -0.507 e. The number of aromatic hydroxyl groups is 1. The number of hydrogen-bond donors (Lipinski definition) is 3. The number of phenols is 1. The van der Waals surface area contributed by atoms with Gasteiger partial charge in [-0.05, 0) is 30.6 Å². The van der Waals surface area contributed by atoms with Crippen LogP contribution in [0.3, 0.4) is 0 Å². The normalized spacial score (nSPS) is 11.6. The molecule has 2 aromatic carbocycles. The fourth-order valence-electron chi connectivity index (χ4n) is 2.67. The fourth-order valence-corrected chi connectivity index (χ4v) is 3.87. The Morgan fingerprint density at radius 2 is 1.86 bits per heavy atom. The molecule has 2 amide bonds. The lowest BCUT2D eigenvalue weighted by molar-refractivity contribution is -0.118. The number of hydrogen-bond acceptors (Lipinski definition) is 6. The Balaban J connectivity index is 1.70. The molecule has 0 saturated heterocycles. The van der Waals surface area contributed by atoms with Crippen LogP contribution in [0.15, 0.2) is 60.0 Å². The third-order valence-electron chi connectivity index (χ3n) is 4.19. The second-order valence-corrected chi connectivity index (χ2v) is 8.06. The van der Waals surface area contributed by atoms with Crippen LogP contribution in [-0.2, 0) is 4.79 Å². The van der Waals surface area contributed by atoms with Crippen molar-refractivity contribution in [2.75, 3.05) is 17.3 Å². The van der Waals surface area contributed by atoms with Gasteiger partial charge in [-0.25, -0.2) is 4.98 Å². The number of anilines is 1. The van der Waals surface area contributed by atoms with Crippen LogP contribution < -0.4 is 10.6 Å². The molecule has 150 valence electrons. The van der Waals surface area contributed by atoms with Gasteiger partial charge >= 0.3 is 0 Å². The largest absolute Gasteiger partial charge is 0.507 e. The molecule has 3 aromatic rings. The first-order valence-corrected chi connectivity index (χ1v) is 11.3. The number of carbonyl (C=O) groups is 2. The second kappa shape index (κ2) is 10.1. The number of nitrogens with zero attached hydrogens (tertiary/aromatic N) is 1. The first-order valence-electron chi connectivity index (χ1n) is 8.98. The molecule has 3 N–H and O–H groups in total. The van der Waals surface area contributed by atoms with Crippen LogP contribution >= 0.6 is 23.1 Å². The predicted octanol–water partition coefficient (Wildman–Crippen LogP) is 4.01. The summed E-state index contributed by atoms with van der Waals surface area (Å²) in [5.41, 5.74) is 1.89. The quantitative estimate of drug-likeness (QED) is 0.505. The van der Waals surface area contributed by atoms with Gasteiger partial charge in [0.05, 0.1) is 11.3 Å². The topological polar surface area (TPSA) is 91.3 Å². The van der Waals surface area contributed by atoms with Gasteiger partial charge in [-0.15, -0.1) is 11.3 Å². The maximum absolute atomic E-state index is 12.8. The zero-order chi connectivity index (χ0) is 20.6. The summed E-state index contributed by atoms with van der Waals surface area (Å²) < 4.78 is 0. The van der Waals surface area contributed by atoms with E-state index in [9.17, 15) is 14.7 Å². The molecule has 0 spiro atoms. The molecule has 3 rings (SSSR count). The molecule has 1 aromatic heterocycles. The zero-order valence-electron chi connectivity index (χ0n) is 15.8. The average Bonchev–Trinajstić information content (AvgIpc) is 3.20. The van der Waals surface area contributed by atoms with Crippen molar-refractivity contribution in [1.82, 2.24) is 10.3 Å². The number of benzene rings is 2. The minimum absolute atomic E-state index is 0.124. The number of aromatic nitrogens is 1. The SMILES string of the molecule is CSCC[C@H](NC(=O)c1ccccc1O)C(=O)Nc1nc(-c2ccccc2)cs1. The van der Waals surface area contributed by atoms with E-state index in [2.05, 4.69) is 15.6 Å². The maximum atomic E-state index is 12.8. The van der Waals surface area contributed by atoms with Gasteiger partial charge in [0.15, 0.2) is 5.13 Å². The number of phenolic OH excluding ortho intramolecular Hbond substituents is 1. The van der Waals surface area contributed by atoms with Crippen molar-refractivity contribution in [2.45, 2.75) is 12.5 Å². The summed E-state index contributed by atoms with van der Waals surface area (Å²) in [7, 11) is 0. The molecule has 8 heteroatoms. The van der Waals surface area contributed by atoms with E-state index in [-0.39, 0.29) is 17.2 Å². The van der Waals surface area contributed by atoms with Gasteiger partial charge in [-0.1, -0.05) is 42.5 Å². The Labute approximate surface area is 177 Å². The molecule has 6 nitrogen and oxygen atoms in total. The molecule has 29 heavy (non-hydrogen) atoms. The molecule has 0 saturated carbocycles. The van der Waals surface area contributed by atoms with Crippen LogP contribution in [0.2, 0.25) is 0 Å². The van der Waals surface area contributed by atoms with E-state index in [1.807, 2.05) is 42.0 Å². The highest BCUT2D eigenvalue weighted by Gasteiger charge is 2.23.